The van der Waals surface area contributed by atoms with Crippen LogP contribution < -0.4 is 10.1 Å². The minimum absolute atomic E-state index is 0.00347. The normalized spacial score (nSPS) is 11.4. The molecule has 0 aliphatic carbocycles. The number of nitro groups is 1. The van der Waals surface area contributed by atoms with Crippen LogP contribution in [0.15, 0.2) is 18.2 Å². The number of methoxy groups -OCH3 is 1. The number of benzene rings is 1. The van der Waals surface area contributed by atoms with Crippen LogP contribution in [-0.2, 0) is 6.54 Å². The molecule has 1 aromatic carbocycles. The van der Waals surface area contributed by atoms with Crippen LogP contribution in [0, 0.1) is 10.1 Å². The zero-order chi connectivity index (χ0) is 15.2. The number of rotatable bonds is 8. The van der Waals surface area contributed by atoms with Crippen LogP contribution in [0.25, 0.3) is 0 Å². The molecule has 0 aliphatic rings. The minimum Gasteiger partial charge on any atom is -0.496 e. The molecule has 6 heteroatoms. The van der Waals surface area contributed by atoms with Gasteiger partial charge in [-0.2, -0.15) is 0 Å². The van der Waals surface area contributed by atoms with Gasteiger partial charge >= 0.3 is 0 Å². The average molecular weight is 282 g/mol. The number of aliphatic hydroxyl groups is 1. The van der Waals surface area contributed by atoms with Gasteiger partial charge in [-0.15, -0.1) is 0 Å². The molecule has 0 aliphatic heterocycles. The molecule has 1 aromatic rings. The highest BCUT2D eigenvalue weighted by Crippen LogP contribution is 2.23. The molecule has 0 fully saturated rings. The molecule has 0 heterocycles. The lowest BCUT2D eigenvalue weighted by molar-refractivity contribution is -0.385. The van der Waals surface area contributed by atoms with Crippen molar-refractivity contribution in [3.8, 4) is 5.75 Å². The van der Waals surface area contributed by atoms with E-state index in [1.54, 1.807) is 6.07 Å². The van der Waals surface area contributed by atoms with Gasteiger partial charge in [-0.1, -0.05) is 13.8 Å². The number of ether oxygens (including phenoxy) is 1. The Hall–Kier alpha value is -1.66. The summed E-state index contributed by atoms with van der Waals surface area (Å²) in [6.45, 7) is 4.48. The van der Waals surface area contributed by atoms with E-state index in [9.17, 15) is 15.2 Å². The molecule has 0 aromatic heterocycles. The third-order valence-corrected chi connectivity index (χ3v) is 3.72. The Bertz CT molecular complexity index is 450. The molecule has 0 radical (unpaired) electrons. The van der Waals surface area contributed by atoms with Gasteiger partial charge in [-0.05, 0) is 24.5 Å². The molecular weight excluding hydrogens is 260 g/mol. The molecular formula is C14H22N2O4. The predicted octanol–water partition coefficient (Wildman–Crippen LogP) is 2.24. The van der Waals surface area contributed by atoms with Crippen LogP contribution in [0.5, 0.6) is 5.75 Å². The van der Waals surface area contributed by atoms with Crippen molar-refractivity contribution in [3.05, 3.63) is 33.9 Å². The molecule has 0 spiro atoms. The number of nitrogens with zero attached hydrogens (tertiary/aromatic N) is 1. The molecule has 0 bridgehead atoms. The Morgan fingerprint density at radius 1 is 1.35 bits per heavy atom. The number of nitro benzene ring substituents is 1. The van der Waals surface area contributed by atoms with Crippen molar-refractivity contribution in [2.24, 2.45) is 0 Å². The van der Waals surface area contributed by atoms with E-state index < -0.39 is 4.92 Å². The van der Waals surface area contributed by atoms with E-state index in [0.717, 1.165) is 18.4 Å². The van der Waals surface area contributed by atoms with Crippen molar-refractivity contribution >= 4 is 5.69 Å². The molecule has 112 valence electrons. The first-order valence-corrected chi connectivity index (χ1v) is 6.68. The molecule has 6 nitrogen and oxygen atoms in total. The van der Waals surface area contributed by atoms with Crippen molar-refractivity contribution in [1.29, 1.82) is 0 Å². The van der Waals surface area contributed by atoms with Gasteiger partial charge in [0.05, 0.1) is 24.7 Å². The largest absolute Gasteiger partial charge is 0.496 e. The number of non-ortho nitro benzene ring substituents is 1. The Labute approximate surface area is 118 Å². The lowest BCUT2D eigenvalue weighted by Crippen LogP contribution is -2.47. The average Bonchev–Trinajstić information content (AvgIpc) is 2.48. The van der Waals surface area contributed by atoms with Gasteiger partial charge in [-0.3, -0.25) is 10.1 Å². The summed E-state index contributed by atoms with van der Waals surface area (Å²) in [4.78, 5) is 10.4. The lowest BCUT2D eigenvalue weighted by atomic mass is 9.93. The molecule has 20 heavy (non-hydrogen) atoms. The van der Waals surface area contributed by atoms with Gasteiger partial charge in [0.1, 0.15) is 5.75 Å². The molecule has 0 saturated carbocycles. The number of nitrogens with one attached hydrogen (secondary N) is 1. The van der Waals surface area contributed by atoms with Crippen LogP contribution in [0.3, 0.4) is 0 Å². The number of hydrogen-bond donors (Lipinski definition) is 2. The Kier molecular flexibility index (Phi) is 5.91. The minimum atomic E-state index is -0.440. The van der Waals surface area contributed by atoms with Gasteiger partial charge in [-0.25, -0.2) is 0 Å². The second-order valence-electron chi connectivity index (χ2n) is 4.80. The summed E-state index contributed by atoms with van der Waals surface area (Å²) in [5.41, 5.74) is 0.414. The summed E-state index contributed by atoms with van der Waals surface area (Å²) in [5.74, 6) is 0.457. The fourth-order valence-electron chi connectivity index (χ4n) is 2.04. The van der Waals surface area contributed by atoms with Gasteiger partial charge in [0, 0.05) is 18.2 Å². The Morgan fingerprint density at radius 3 is 2.45 bits per heavy atom. The Balaban J connectivity index is 2.91. The van der Waals surface area contributed by atoms with E-state index in [-0.39, 0.29) is 17.8 Å². The monoisotopic (exact) mass is 282 g/mol. The van der Waals surface area contributed by atoms with Crippen molar-refractivity contribution in [2.45, 2.75) is 38.8 Å². The Morgan fingerprint density at radius 2 is 2.00 bits per heavy atom. The van der Waals surface area contributed by atoms with Crippen molar-refractivity contribution in [2.75, 3.05) is 13.7 Å². The topological polar surface area (TPSA) is 84.6 Å². The third-order valence-electron chi connectivity index (χ3n) is 3.72. The smallest absolute Gasteiger partial charge is 0.273 e. The van der Waals surface area contributed by atoms with Crippen LogP contribution in [0.4, 0.5) is 5.69 Å². The van der Waals surface area contributed by atoms with Crippen LogP contribution in [0.2, 0.25) is 0 Å². The van der Waals surface area contributed by atoms with Crippen LogP contribution in [-0.4, -0.2) is 29.3 Å². The highest BCUT2D eigenvalue weighted by Gasteiger charge is 2.24. The SMILES string of the molecule is CCC(CC)(CO)NCc1cc(OC)cc([N+](=O)[O-])c1. The van der Waals surface area contributed by atoms with E-state index >= 15 is 0 Å². The second kappa shape index (κ2) is 7.21. The van der Waals surface area contributed by atoms with Crippen molar-refractivity contribution in [3.63, 3.8) is 0 Å². The highest BCUT2D eigenvalue weighted by molar-refractivity contribution is 5.42. The molecule has 1 rings (SSSR count). The standard InChI is InChI=1S/C14H22N2O4/c1-4-14(5-2,10-17)15-9-11-6-12(16(18)19)8-13(7-11)20-3/h6-8,15,17H,4-5,9-10H2,1-3H3. The van der Waals surface area contributed by atoms with Crippen molar-refractivity contribution in [1.82, 2.24) is 5.32 Å². The predicted molar refractivity (Wildman–Crippen MR) is 76.9 cm³/mol. The van der Waals surface area contributed by atoms with Crippen LogP contribution in [0.1, 0.15) is 32.3 Å². The highest BCUT2D eigenvalue weighted by atomic mass is 16.6. The number of aliphatic hydroxyl groups excluding tert-OH is 1. The number of hydrogen-bond acceptors (Lipinski definition) is 5. The first-order valence-electron chi connectivity index (χ1n) is 6.68. The van der Waals surface area contributed by atoms with Gasteiger partial charge < -0.3 is 15.2 Å². The van der Waals surface area contributed by atoms with Crippen molar-refractivity contribution < 1.29 is 14.8 Å². The first kappa shape index (κ1) is 16.4. The van der Waals surface area contributed by atoms with Gasteiger partial charge in [0.2, 0.25) is 0 Å². The quantitative estimate of drug-likeness (QED) is 0.564. The zero-order valence-electron chi connectivity index (χ0n) is 12.2. The molecule has 0 unspecified atom stereocenters. The summed E-state index contributed by atoms with van der Waals surface area (Å²) >= 11 is 0. The second-order valence-corrected chi connectivity index (χ2v) is 4.80. The fraction of sp³-hybridized carbons (Fsp3) is 0.571. The van der Waals surface area contributed by atoms with E-state index in [4.69, 9.17) is 4.74 Å². The fourth-order valence-corrected chi connectivity index (χ4v) is 2.04. The lowest BCUT2D eigenvalue weighted by Gasteiger charge is -2.31. The third kappa shape index (κ3) is 3.91. The van der Waals surface area contributed by atoms with E-state index in [1.807, 2.05) is 13.8 Å². The van der Waals surface area contributed by atoms with Gasteiger partial charge in [0.25, 0.3) is 5.69 Å². The van der Waals surface area contributed by atoms with E-state index in [1.165, 1.54) is 19.2 Å². The van der Waals surface area contributed by atoms with E-state index in [2.05, 4.69) is 5.32 Å². The summed E-state index contributed by atoms with van der Waals surface area (Å²) < 4.78 is 5.08. The maximum Gasteiger partial charge on any atom is 0.273 e. The summed E-state index contributed by atoms with van der Waals surface area (Å²) in [7, 11) is 1.48. The summed E-state index contributed by atoms with van der Waals surface area (Å²) in [6.07, 6.45) is 1.57. The summed E-state index contributed by atoms with van der Waals surface area (Å²) in [6, 6.07) is 4.67. The maximum atomic E-state index is 10.9. The van der Waals surface area contributed by atoms with E-state index in [0.29, 0.717) is 12.3 Å². The zero-order valence-corrected chi connectivity index (χ0v) is 12.2. The molecule has 2 N–H and O–H groups in total. The first-order chi connectivity index (χ1) is 9.50. The van der Waals surface area contributed by atoms with Gasteiger partial charge in [0.15, 0.2) is 0 Å². The summed E-state index contributed by atoms with van der Waals surface area (Å²) in [5, 5.41) is 23.7. The van der Waals surface area contributed by atoms with Crippen LogP contribution >= 0.6 is 0 Å². The maximum absolute atomic E-state index is 10.9. The molecule has 0 amide bonds. The molecule has 0 saturated heterocycles. The molecule has 0 atom stereocenters.